The number of nitro benzene ring substituents is 1. The molecule has 0 saturated carbocycles. The normalized spacial score (nSPS) is 11.4. The molecule has 0 spiro atoms. The van der Waals surface area contributed by atoms with Gasteiger partial charge >= 0.3 is 0 Å². The zero-order valence-electron chi connectivity index (χ0n) is 18.6. The standard InChI is InChI=1S/C25H16BrN5O5/c1-36-16-7-9-20-17(11-16)18(12-22(27-20)13-2-4-14(26)5-3-13)24(32)30-29-23-19-10-15(31(34)35)6-8-21(19)28-25(23)33/h2-12,28,33H,1H3. The van der Waals surface area contributed by atoms with Gasteiger partial charge in [-0.3, -0.25) is 14.9 Å². The number of halogens is 1. The zero-order chi connectivity index (χ0) is 25.4. The number of aromatic nitrogens is 2. The molecule has 36 heavy (non-hydrogen) atoms. The molecular formula is C25H16BrN5O5. The molecule has 1 amide bonds. The molecule has 0 bridgehead atoms. The van der Waals surface area contributed by atoms with Crippen molar-refractivity contribution < 1.29 is 19.6 Å². The maximum absolute atomic E-state index is 13.3. The summed E-state index contributed by atoms with van der Waals surface area (Å²) in [5.74, 6) is -0.514. The van der Waals surface area contributed by atoms with Crippen LogP contribution in [0.25, 0.3) is 33.1 Å². The van der Waals surface area contributed by atoms with Crippen LogP contribution in [-0.2, 0) is 0 Å². The van der Waals surface area contributed by atoms with Crippen LogP contribution in [0.5, 0.6) is 11.6 Å². The third-order valence-electron chi connectivity index (χ3n) is 5.57. The van der Waals surface area contributed by atoms with Gasteiger partial charge < -0.3 is 14.8 Å². The fraction of sp³-hybridized carbons (Fsp3) is 0.0400. The summed E-state index contributed by atoms with van der Waals surface area (Å²) in [5, 5.41) is 30.0. The number of nitrogens with one attached hydrogen (secondary N) is 1. The van der Waals surface area contributed by atoms with Crippen LogP contribution in [0.1, 0.15) is 10.4 Å². The molecule has 2 aromatic heterocycles. The number of nitro groups is 1. The van der Waals surface area contributed by atoms with Gasteiger partial charge in [0, 0.05) is 32.9 Å². The first-order valence-electron chi connectivity index (χ1n) is 10.5. The Bertz CT molecular complexity index is 1700. The summed E-state index contributed by atoms with van der Waals surface area (Å²) >= 11 is 3.41. The highest BCUT2D eigenvalue weighted by molar-refractivity contribution is 9.10. The highest BCUT2D eigenvalue weighted by Gasteiger charge is 2.18. The molecule has 3 aromatic carbocycles. The summed E-state index contributed by atoms with van der Waals surface area (Å²) in [6, 6.07) is 18.3. The van der Waals surface area contributed by atoms with Crippen LogP contribution >= 0.6 is 15.9 Å². The number of ether oxygens (including phenoxy) is 1. The van der Waals surface area contributed by atoms with E-state index in [9.17, 15) is 20.0 Å². The number of nitrogens with zero attached hydrogens (tertiary/aromatic N) is 4. The Hall–Kier alpha value is -4.64. The average molecular weight is 546 g/mol. The number of carbonyl (C=O) groups is 1. The predicted octanol–water partition coefficient (Wildman–Crippen LogP) is 6.69. The maximum Gasteiger partial charge on any atom is 0.296 e. The van der Waals surface area contributed by atoms with Crippen molar-refractivity contribution in [3.63, 3.8) is 0 Å². The maximum atomic E-state index is 13.3. The van der Waals surface area contributed by atoms with Gasteiger partial charge in [0.15, 0.2) is 5.69 Å². The van der Waals surface area contributed by atoms with Crippen LogP contribution in [0, 0.1) is 10.1 Å². The number of carbonyl (C=O) groups excluding carboxylic acids is 1. The number of rotatable bonds is 5. The largest absolute Gasteiger partial charge is 0.497 e. The van der Waals surface area contributed by atoms with E-state index < -0.39 is 10.8 Å². The first-order chi connectivity index (χ1) is 17.3. The van der Waals surface area contributed by atoms with E-state index in [0.717, 1.165) is 10.0 Å². The van der Waals surface area contributed by atoms with Crippen molar-refractivity contribution in [2.45, 2.75) is 0 Å². The zero-order valence-corrected chi connectivity index (χ0v) is 20.2. The predicted molar refractivity (Wildman–Crippen MR) is 137 cm³/mol. The van der Waals surface area contributed by atoms with Crippen LogP contribution in [-0.4, -0.2) is 33.0 Å². The van der Waals surface area contributed by atoms with Crippen molar-refractivity contribution in [1.82, 2.24) is 9.97 Å². The van der Waals surface area contributed by atoms with E-state index >= 15 is 0 Å². The topological polar surface area (TPSA) is 143 Å². The smallest absolute Gasteiger partial charge is 0.296 e. The molecule has 0 unspecified atom stereocenters. The van der Waals surface area contributed by atoms with Crippen molar-refractivity contribution in [3.05, 3.63) is 86.9 Å². The van der Waals surface area contributed by atoms with Gasteiger partial charge in [0.2, 0.25) is 5.88 Å². The number of hydrogen-bond donors (Lipinski definition) is 2. The number of non-ortho nitro benzene ring substituents is 1. The monoisotopic (exact) mass is 545 g/mol. The minimum Gasteiger partial charge on any atom is -0.497 e. The molecule has 0 aliphatic carbocycles. The van der Waals surface area contributed by atoms with Gasteiger partial charge in [0.25, 0.3) is 11.6 Å². The Morgan fingerprint density at radius 1 is 1.08 bits per heavy atom. The molecule has 11 heteroatoms. The van der Waals surface area contributed by atoms with Gasteiger partial charge in [-0.1, -0.05) is 28.1 Å². The van der Waals surface area contributed by atoms with E-state index in [1.165, 1.54) is 25.3 Å². The van der Waals surface area contributed by atoms with Crippen molar-refractivity contribution in [2.24, 2.45) is 10.2 Å². The fourth-order valence-electron chi connectivity index (χ4n) is 3.79. The number of aromatic hydroxyl groups is 1. The SMILES string of the molecule is COc1ccc2nc(-c3ccc(Br)cc3)cc(C(=O)N=Nc3c(O)[nH]c4ccc([N+](=O)[O-])cc34)c2c1. The molecule has 10 nitrogen and oxygen atoms in total. The summed E-state index contributed by atoms with van der Waals surface area (Å²) in [6.07, 6.45) is 0. The van der Waals surface area contributed by atoms with Crippen molar-refractivity contribution in [1.29, 1.82) is 0 Å². The average Bonchev–Trinajstić information content (AvgIpc) is 3.20. The summed E-state index contributed by atoms with van der Waals surface area (Å²) in [4.78, 5) is 31.2. The van der Waals surface area contributed by atoms with E-state index in [1.807, 2.05) is 24.3 Å². The van der Waals surface area contributed by atoms with E-state index in [4.69, 9.17) is 4.74 Å². The van der Waals surface area contributed by atoms with Crippen LogP contribution in [0.3, 0.4) is 0 Å². The molecule has 0 radical (unpaired) electrons. The number of fused-ring (bicyclic) bond motifs is 2. The first-order valence-corrected chi connectivity index (χ1v) is 11.3. The second-order valence-corrected chi connectivity index (χ2v) is 8.68. The number of azo groups is 1. The summed E-state index contributed by atoms with van der Waals surface area (Å²) < 4.78 is 6.21. The molecule has 178 valence electrons. The number of H-pyrrole nitrogens is 1. The highest BCUT2D eigenvalue weighted by atomic mass is 79.9. The molecular weight excluding hydrogens is 530 g/mol. The molecule has 0 saturated heterocycles. The minimum absolute atomic E-state index is 0.0777. The van der Waals surface area contributed by atoms with Crippen molar-refractivity contribution in [3.8, 4) is 22.9 Å². The molecule has 0 aliphatic heterocycles. The fourth-order valence-corrected chi connectivity index (χ4v) is 4.06. The number of methoxy groups -OCH3 is 1. The molecule has 5 rings (SSSR count). The molecule has 0 aliphatic rings. The van der Waals surface area contributed by atoms with Gasteiger partial charge in [-0.25, -0.2) is 4.98 Å². The number of amides is 1. The molecule has 5 aromatic rings. The summed E-state index contributed by atoms with van der Waals surface area (Å²) in [6.45, 7) is 0. The molecule has 2 N–H and O–H groups in total. The Labute approximate surface area is 211 Å². The van der Waals surface area contributed by atoms with Crippen LogP contribution in [0.4, 0.5) is 11.4 Å². The van der Waals surface area contributed by atoms with Crippen LogP contribution in [0.2, 0.25) is 0 Å². The lowest BCUT2D eigenvalue weighted by Crippen LogP contribution is -1.99. The second kappa shape index (κ2) is 9.19. The van der Waals surface area contributed by atoms with Crippen LogP contribution in [0.15, 0.2) is 81.4 Å². The minimum atomic E-state index is -0.687. The van der Waals surface area contributed by atoms with Gasteiger partial charge in [0.1, 0.15) is 5.75 Å². The van der Waals surface area contributed by atoms with Gasteiger partial charge in [-0.15, -0.1) is 10.2 Å². The third-order valence-corrected chi connectivity index (χ3v) is 6.10. The highest BCUT2D eigenvalue weighted by Crippen LogP contribution is 2.37. The number of hydrogen-bond acceptors (Lipinski definition) is 7. The van der Waals surface area contributed by atoms with E-state index in [2.05, 4.69) is 36.1 Å². The second-order valence-electron chi connectivity index (χ2n) is 7.76. The van der Waals surface area contributed by atoms with Gasteiger partial charge in [-0.05, 0) is 42.5 Å². The summed E-state index contributed by atoms with van der Waals surface area (Å²) in [7, 11) is 1.52. The summed E-state index contributed by atoms with van der Waals surface area (Å²) in [5.41, 5.74) is 2.29. The first kappa shape index (κ1) is 23.1. The van der Waals surface area contributed by atoms with E-state index in [1.54, 1.807) is 24.3 Å². The van der Waals surface area contributed by atoms with Gasteiger partial charge in [-0.2, -0.15) is 0 Å². The number of aromatic amines is 1. The molecule has 0 fully saturated rings. The Morgan fingerprint density at radius 3 is 2.58 bits per heavy atom. The molecule has 2 heterocycles. The lowest BCUT2D eigenvalue weighted by Gasteiger charge is -2.09. The Balaban J connectivity index is 1.62. The number of benzene rings is 3. The Morgan fingerprint density at radius 2 is 1.86 bits per heavy atom. The quantitative estimate of drug-likeness (QED) is 0.143. The van der Waals surface area contributed by atoms with Crippen molar-refractivity contribution >= 4 is 55.0 Å². The number of pyridine rings is 1. The lowest BCUT2D eigenvalue weighted by molar-refractivity contribution is -0.384. The van der Waals surface area contributed by atoms with E-state index in [-0.39, 0.29) is 28.2 Å². The van der Waals surface area contributed by atoms with E-state index in [0.29, 0.717) is 27.9 Å². The lowest BCUT2D eigenvalue weighted by atomic mass is 10.0. The Kier molecular flexibility index (Phi) is 5.90. The van der Waals surface area contributed by atoms with Crippen LogP contribution < -0.4 is 4.74 Å². The van der Waals surface area contributed by atoms with Gasteiger partial charge in [0.05, 0.1) is 34.3 Å². The third kappa shape index (κ3) is 4.27. The molecule has 0 atom stereocenters. The van der Waals surface area contributed by atoms with Crippen molar-refractivity contribution in [2.75, 3.05) is 7.11 Å².